The Morgan fingerprint density at radius 1 is 1.08 bits per heavy atom. The summed E-state index contributed by atoms with van der Waals surface area (Å²) in [6.07, 6.45) is 4.33. The van der Waals surface area contributed by atoms with Gasteiger partial charge < -0.3 is 28.4 Å². The number of carbonyl (C=O) groups is 1. The van der Waals surface area contributed by atoms with Crippen molar-refractivity contribution in [1.82, 2.24) is 4.90 Å². The summed E-state index contributed by atoms with van der Waals surface area (Å²) < 4.78 is 27.0. The molecule has 25 heavy (non-hydrogen) atoms. The maximum atomic E-state index is 11.9. The standard InChI is InChI=1S/C17H32BNO6/c1-16(2)17(3,4)25-18(24-16)11-8-9-12-19(15(20)23-7)13-10-14(21-5)22-6/h8-9,14H,10-13H2,1-7H3/b9-8-. The average molecular weight is 357 g/mol. The van der Waals surface area contributed by atoms with E-state index in [1.165, 1.54) is 7.11 Å². The largest absolute Gasteiger partial charge is 0.461 e. The van der Waals surface area contributed by atoms with Crippen molar-refractivity contribution >= 4 is 13.2 Å². The highest BCUT2D eigenvalue weighted by molar-refractivity contribution is 6.46. The summed E-state index contributed by atoms with van der Waals surface area (Å²) >= 11 is 0. The lowest BCUT2D eigenvalue weighted by atomic mass is 9.85. The van der Waals surface area contributed by atoms with Crippen LogP contribution in [0.5, 0.6) is 0 Å². The second kappa shape index (κ2) is 9.57. The van der Waals surface area contributed by atoms with E-state index < -0.39 is 0 Å². The fraction of sp³-hybridized carbons (Fsp3) is 0.824. The Hall–Kier alpha value is -1.09. The lowest BCUT2D eigenvalue weighted by molar-refractivity contribution is -0.108. The predicted octanol–water partition coefficient (Wildman–Crippen LogP) is 2.71. The summed E-state index contributed by atoms with van der Waals surface area (Å²) in [7, 11) is 4.23. The first-order chi connectivity index (χ1) is 11.7. The molecule has 0 bridgehead atoms. The minimum Gasteiger partial charge on any atom is -0.453 e. The smallest absolute Gasteiger partial charge is 0.453 e. The maximum absolute atomic E-state index is 11.9. The van der Waals surface area contributed by atoms with Gasteiger partial charge in [0, 0.05) is 40.1 Å². The van der Waals surface area contributed by atoms with E-state index in [1.807, 2.05) is 39.8 Å². The van der Waals surface area contributed by atoms with Crippen molar-refractivity contribution in [3.63, 3.8) is 0 Å². The van der Waals surface area contributed by atoms with Crippen LogP contribution in [0.1, 0.15) is 34.1 Å². The highest BCUT2D eigenvalue weighted by atomic mass is 16.7. The van der Waals surface area contributed by atoms with Crippen LogP contribution in [0.3, 0.4) is 0 Å². The number of ether oxygens (including phenoxy) is 3. The molecule has 0 aromatic carbocycles. The Kier molecular flexibility index (Phi) is 8.40. The Morgan fingerprint density at radius 3 is 2.12 bits per heavy atom. The molecule has 0 atom stereocenters. The minimum atomic E-state index is -0.383. The third-order valence-corrected chi connectivity index (χ3v) is 4.72. The fourth-order valence-corrected chi connectivity index (χ4v) is 2.45. The van der Waals surface area contributed by atoms with Crippen LogP contribution in [0.4, 0.5) is 4.79 Å². The second-order valence-corrected chi connectivity index (χ2v) is 7.00. The molecule has 0 radical (unpaired) electrons. The molecule has 0 aromatic heterocycles. The van der Waals surface area contributed by atoms with E-state index in [4.69, 9.17) is 23.5 Å². The number of nitrogens with zero attached hydrogens (tertiary/aromatic N) is 1. The Labute approximate surface area is 151 Å². The number of methoxy groups -OCH3 is 3. The van der Waals surface area contributed by atoms with Gasteiger partial charge in [-0.15, -0.1) is 0 Å². The van der Waals surface area contributed by atoms with E-state index in [0.717, 1.165) is 0 Å². The van der Waals surface area contributed by atoms with Crippen LogP contribution in [0.25, 0.3) is 0 Å². The second-order valence-electron chi connectivity index (χ2n) is 7.00. The molecule has 0 saturated carbocycles. The summed E-state index contributed by atoms with van der Waals surface area (Å²) in [6.45, 7) is 9.01. The van der Waals surface area contributed by atoms with Gasteiger partial charge in [-0.05, 0) is 27.7 Å². The van der Waals surface area contributed by atoms with Crippen molar-refractivity contribution in [2.75, 3.05) is 34.4 Å². The van der Waals surface area contributed by atoms with Crippen LogP contribution in [0.15, 0.2) is 12.2 Å². The van der Waals surface area contributed by atoms with Crippen LogP contribution in [0, 0.1) is 0 Å². The van der Waals surface area contributed by atoms with Gasteiger partial charge in [0.2, 0.25) is 0 Å². The molecule has 0 aliphatic carbocycles. The monoisotopic (exact) mass is 357 g/mol. The summed E-state index contributed by atoms with van der Waals surface area (Å²) in [5.74, 6) is 0. The van der Waals surface area contributed by atoms with Gasteiger partial charge in [0.25, 0.3) is 0 Å². The number of carbonyl (C=O) groups excluding carboxylic acids is 1. The van der Waals surface area contributed by atoms with E-state index >= 15 is 0 Å². The van der Waals surface area contributed by atoms with Crippen LogP contribution in [0.2, 0.25) is 6.32 Å². The third-order valence-electron chi connectivity index (χ3n) is 4.72. The number of amides is 1. The zero-order chi connectivity index (χ0) is 19.1. The molecule has 1 fully saturated rings. The highest BCUT2D eigenvalue weighted by Gasteiger charge is 2.50. The van der Waals surface area contributed by atoms with E-state index in [2.05, 4.69) is 0 Å². The summed E-state index contributed by atoms with van der Waals surface area (Å²) in [6, 6.07) is 0. The van der Waals surface area contributed by atoms with Crippen molar-refractivity contribution in [2.24, 2.45) is 0 Å². The van der Waals surface area contributed by atoms with Crippen molar-refractivity contribution in [2.45, 2.75) is 57.9 Å². The van der Waals surface area contributed by atoms with Crippen molar-refractivity contribution in [1.29, 1.82) is 0 Å². The topological polar surface area (TPSA) is 66.5 Å². The minimum absolute atomic E-state index is 0.279. The molecule has 0 N–H and O–H groups in total. The van der Waals surface area contributed by atoms with Gasteiger partial charge in [-0.2, -0.15) is 0 Å². The molecule has 1 aliphatic rings. The number of hydrogen-bond acceptors (Lipinski definition) is 6. The van der Waals surface area contributed by atoms with Gasteiger partial charge in [0.1, 0.15) is 0 Å². The van der Waals surface area contributed by atoms with Gasteiger partial charge in [-0.3, -0.25) is 0 Å². The van der Waals surface area contributed by atoms with Crippen molar-refractivity contribution in [3.05, 3.63) is 12.2 Å². The Balaban J connectivity index is 2.48. The number of hydrogen-bond donors (Lipinski definition) is 0. The van der Waals surface area contributed by atoms with E-state index in [1.54, 1.807) is 19.1 Å². The molecular weight excluding hydrogens is 325 g/mol. The first-order valence-corrected chi connectivity index (χ1v) is 8.56. The molecule has 1 aliphatic heterocycles. The van der Waals surface area contributed by atoms with Crippen molar-refractivity contribution in [3.8, 4) is 0 Å². The van der Waals surface area contributed by atoms with Gasteiger partial charge >= 0.3 is 13.2 Å². The summed E-state index contributed by atoms with van der Waals surface area (Å²) in [5.41, 5.74) is -0.669. The lowest BCUT2D eigenvalue weighted by Crippen LogP contribution is -2.41. The molecule has 1 saturated heterocycles. The van der Waals surface area contributed by atoms with Crippen LogP contribution >= 0.6 is 0 Å². The maximum Gasteiger partial charge on any atom is 0.461 e. The SMILES string of the molecule is COC(=O)N(C/C=C\CB1OC(C)(C)C(C)(C)O1)CCC(OC)OC. The molecule has 0 aromatic rings. The molecule has 8 heteroatoms. The average Bonchev–Trinajstić information content (AvgIpc) is 2.76. The first-order valence-electron chi connectivity index (χ1n) is 8.56. The highest BCUT2D eigenvalue weighted by Crippen LogP contribution is 2.37. The number of allylic oxidation sites excluding steroid dienone is 1. The van der Waals surface area contributed by atoms with Crippen LogP contribution < -0.4 is 0 Å². The molecule has 1 rings (SSSR count). The van der Waals surface area contributed by atoms with Gasteiger partial charge in [-0.1, -0.05) is 12.2 Å². The van der Waals surface area contributed by atoms with Crippen LogP contribution in [-0.2, 0) is 23.5 Å². The summed E-state index contributed by atoms with van der Waals surface area (Å²) in [5, 5.41) is 0. The molecular formula is C17H32BNO6. The van der Waals surface area contributed by atoms with Gasteiger partial charge in [0.15, 0.2) is 6.29 Å². The zero-order valence-electron chi connectivity index (χ0n) is 16.5. The molecule has 1 heterocycles. The number of rotatable bonds is 9. The van der Waals surface area contributed by atoms with E-state index in [9.17, 15) is 4.79 Å². The van der Waals surface area contributed by atoms with Crippen LogP contribution in [-0.4, -0.2) is 70.0 Å². The Morgan fingerprint density at radius 2 is 1.64 bits per heavy atom. The van der Waals surface area contributed by atoms with Crippen molar-refractivity contribution < 1.29 is 28.3 Å². The molecule has 144 valence electrons. The lowest BCUT2D eigenvalue weighted by Gasteiger charge is -2.32. The normalized spacial score (nSPS) is 19.0. The molecule has 0 unspecified atom stereocenters. The van der Waals surface area contributed by atoms with Gasteiger partial charge in [-0.25, -0.2) is 4.79 Å². The van der Waals surface area contributed by atoms with E-state index in [0.29, 0.717) is 25.8 Å². The van der Waals surface area contributed by atoms with Gasteiger partial charge in [0.05, 0.1) is 18.3 Å². The molecule has 0 spiro atoms. The van der Waals surface area contributed by atoms with E-state index in [-0.39, 0.29) is 30.7 Å². The molecule has 1 amide bonds. The third kappa shape index (κ3) is 6.29. The summed E-state index contributed by atoms with van der Waals surface area (Å²) in [4.78, 5) is 13.4. The molecule has 7 nitrogen and oxygen atoms in total. The predicted molar refractivity (Wildman–Crippen MR) is 96.4 cm³/mol. The zero-order valence-corrected chi connectivity index (χ0v) is 16.5. The fourth-order valence-electron chi connectivity index (χ4n) is 2.45. The quantitative estimate of drug-likeness (QED) is 0.359. The Bertz CT molecular complexity index is 434. The first kappa shape index (κ1) is 22.0.